The lowest BCUT2D eigenvalue weighted by atomic mass is 9.72. The lowest BCUT2D eigenvalue weighted by Gasteiger charge is -2.34. The van der Waals surface area contributed by atoms with E-state index in [4.69, 9.17) is 10.2 Å². The maximum Gasteiger partial charge on any atom is 0.137 e. The molecule has 2 nitrogen and oxygen atoms in total. The highest BCUT2D eigenvalue weighted by Gasteiger charge is 2.32. The lowest BCUT2D eigenvalue weighted by molar-refractivity contribution is 0.216. The fraction of sp³-hybridized carbons (Fsp3) is 0.556. The Labute approximate surface area is 121 Å². The molecular formula is C18H25NO. The molecule has 3 rings (SSSR count). The second-order valence-electron chi connectivity index (χ2n) is 6.33. The summed E-state index contributed by atoms with van der Waals surface area (Å²) in [7, 11) is 0. The van der Waals surface area contributed by atoms with Crippen LogP contribution in [-0.4, -0.2) is 6.54 Å². The number of furan rings is 1. The Morgan fingerprint density at radius 3 is 2.85 bits per heavy atom. The first-order valence-corrected chi connectivity index (χ1v) is 7.92. The van der Waals surface area contributed by atoms with Crippen molar-refractivity contribution in [2.45, 2.75) is 45.4 Å². The summed E-state index contributed by atoms with van der Waals surface area (Å²) < 4.78 is 6.21. The van der Waals surface area contributed by atoms with Crippen molar-refractivity contribution >= 4 is 11.0 Å². The standard InChI is InChI=1S/C18H25NO/c1-3-13-7-8-15(11-19)16(9-13)17-10-14-6-4-5-12(2)18(14)20-17/h4-6,10,13,15-16H,3,7-9,11,19H2,1-2H3. The average molecular weight is 271 g/mol. The predicted molar refractivity (Wildman–Crippen MR) is 83.9 cm³/mol. The monoisotopic (exact) mass is 271 g/mol. The van der Waals surface area contributed by atoms with Crippen LogP contribution in [0.25, 0.3) is 11.0 Å². The van der Waals surface area contributed by atoms with Gasteiger partial charge in [0.25, 0.3) is 0 Å². The van der Waals surface area contributed by atoms with Gasteiger partial charge in [-0.25, -0.2) is 0 Å². The van der Waals surface area contributed by atoms with Gasteiger partial charge in [-0.1, -0.05) is 38.0 Å². The number of hydrogen-bond acceptors (Lipinski definition) is 2. The highest BCUT2D eigenvalue weighted by atomic mass is 16.3. The summed E-state index contributed by atoms with van der Waals surface area (Å²) in [5, 5.41) is 1.23. The van der Waals surface area contributed by atoms with Crippen LogP contribution in [0.3, 0.4) is 0 Å². The molecule has 20 heavy (non-hydrogen) atoms. The molecule has 108 valence electrons. The van der Waals surface area contributed by atoms with Gasteiger partial charge in [0.1, 0.15) is 11.3 Å². The van der Waals surface area contributed by atoms with E-state index in [-0.39, 0.29) is 0 Å². The number of rotatable bonds is 3. The molecule has 2 N–H and O–H groups in total. The zero-order chi connectivity index (χ0) is 14.1. The Hall–Kier alpha value is -1.28. The van der Waals surface area contributed by atoms with Crippen molar-refractivity contribution in [2.75, 3.05) is 6.54 Å². The van der Waals surface area contributed by atoms with Gasteiger partial charge >= 0.3 is 0 Å². The molecule has 0 radical (unpaired) electrons. The minimum Gasteiger partial charge on any atom is -0.460 e. The second-order valence-corrected chi connectivity index (χ2v) is 6.33. The van der Waals surface area contributed by atoms with E-state index < -0.39 is 0 Å². The first-order chi connectivity index (χ1) is 9.72. The molecule has 1 aliphatic carbocycles. The largest absolute Gasteiger partial charge is 0.460 e. The Morgan fingerprint density at radius 2 is 2.15 bits per heavy atom. The molecule has 1 fully saturated rings. The van der Waals surface area contributed by atoms with Gasteiger partial charge in [0.2, 0.25) is 0 Å². The van der Waals surface area contributed by atoms with Gasteiger partial charge in [0.15, 0.2) is 0 Å². The summed E-state index contributed by atoms with van der Waals surface area (Å²) in [4.78, 5) is 0. The van der Waals surface area contributed by atoms with Crippen LogP contribution in [0.4, 0.5) is 0 Å². The minimum absolute atomic E-state index is 0.505. The fourth-order valence-corrected chi connectivity index (χ4v) is 3.73. The van der Waals surface area contributed by atoms with Crippen LogP contribution in [0.15, 0.2) is 28.7 Å². The third kappa shape index (κ3) is 2.37. The Balaban J connectivity index is 1.96. The summed E-state index contributed by atoms with van der Waals surface area (Å²) in [5.41, 5.74) is 8.28. The zero-order valence-electron chi connectivity index (χ0n) is 12.6. The second kappa shape index (κ2) is 5.61. The van der Waals surface area contributed by atoms with Crippen molar-refractivity contribution in [1.82, 2.24) is 0 Å². The fourth-order valence-electron chi connectivity index (χ4n) is 3.73. The number of hydrogen-bond donors (Lipinski definition) is 1. The molecule has 1 saturated carbocycles. The molecule has 0 spiro atoms. The molecule has 1 aromatic heterocycles. The molecule has 2 heteroatoms. The molecule has 0 saturated heterocycles. The maximum atomic E-state index is 6.21. The molecule has 2 aromatic rings. The molecule has 0 amide bonds. The molecule has 3 atom stereocenters. The van der Waals surface area contributed by atoms with E-state index in [1.807, 2.05) is 0 Å². The van der Waals surface area contributed by atoms with E-state index in [2.05, 4.69) is 38.1 Å². The topological polar surface area (TPSA) is 39.2 Å². The van der Waals surface area contributed by atoms with Crippen molar-refractivity contribution in [2.24, 2.45) is 17.6 Å². The summed E-state index contributed by atoms with van der Waals surface area (Å²) >= 11 is 0. The highest BCUT2D eigenvalue weighted by Crippen LogP contribution is 2.43. The zero-order valence-corrected chi connectivity index (χ0v) is 12.6. The van der Waals surface area contributed by atoms with E-state index in [1.165, 1.54) is 36.6 Å². The smallest absolute Gasteiger partial charge is 0.137 e. The third-order valence-electron chi connectivity index (χ3n) is 5.11. The minimum atomic E-state index is 0.505. The van der Waals surface area contributed by atoms with Crippen LogP contribution in [0.5, 0.6) is 0 Å². The van der Waals surface area contributed by atoms with Gasteiger partial charge in [-0.3, -0.25) is 0 Å². The van der Waals surface area contributed by atoms with Gasteiger partial charge in [-0.15, -0.1) is 0 Å². The lowest BCUT2D eigenvalue weighted by Crippen LogP contribution is -2.28. The van der Waals surface area contributed by atoms with Crippen molar-refractivity contribution in [3.05, 3.63) is 35.6 Å². The molecular weight excluding hydrogens is 246 g/mol. The highest BCUT2D eigenvalue weighted by molar-refractivity contribution is 5.81. The van der Waals surface area contributed by atoms with Crippen LogP contribution in [0, 0.1) is 18.8 Å². The van der Waals surface area contributed by atoms with Crippen molar-refractivity contribution in [1.29, 1.82) is 0 Å². The molecule has 1 heterocycles. The van der Waals surface area contributed by atoms with Crippen LogP contribution < -0.4 is 5.73 Å². The SMILES string of the molecule is CCC1CCC(CN)C(c2cc3cccc(C)c3o2)C1. The average Bonchev–Trinajstić information content (AvgIpc) is 2.92. The van der Waals surface area contributed by atoms with Crippen LogP contribution in [0.1, 0.15) is 49.8 Å². The van der Waals surface area contributed by atoms with E-state index in [1.54, 1.807) is 0 Å². The predicted octanol–water partition coefficient (Wildman–Crippen LogP) is 4.61. The summed E-state index contributed by atoms with van der Waals surface area (Å²) in [6, 6.07) is 8.61. The summed E-state index contributed by atoms with van der Waals surface area (Å²) in [6.45, 7) is 5.19. The molecule has 3 unspecified atom stereocenters. The Bertz CT molecular complexity index is 586. The maximum absolute atomic E-state index is 6.21. The first-order valence-electron chi connectivity index (χ1n) is 7.92. The van der Waals surface area contributed by atoms with Crippen LogP contribution >= 0.6 is 0 Å². The van der Waals surface area contributed by atoms with Gasteiger partial charge < -0.3 is 10.2 Å². The molecule has 1 aliphatic rings. The molecule has 0 aliphatic heterocycles. The van der Waals surface area contributed by atoms with E-state index >= 15 is 0 Å². The Kier molecular flexibility index (Phi) is 3.84. The normalized spacial score (nSPS) is 27.1. The van der Waals surface area contributed by atoms with E-state index in [9.17, 15) is 0 Å². The summed E-state index contributed by atoms with van der Waals surface area (Å²) in [5.74, 6) is 3.07. The van der Waals surface area contributed by atoms with Crippen LogP contribution in [0.2, 0.25) is 0 Å². The van der Waals surface area contributed by atoms with Crippen molar-refractivity contribution in [3.8, 4) is 0 Å². The number of para-hydroxylation sites is 1. The third-order valence-corrected chi connectivity index (χ3v) is 5.11. The Morgan fingerprint density at radius 1 is 1.30 bits per heavy atom. The van der Waals surface area contributed by atoms with E-state index in [0.717, 1.165) is 23.8 Å². The number of aryl methyl sites for hydroxylation is 1. The van der Waals surface area contributed by atoms with Gasteiger partial charge in [-0.2, -0.15) is 0 Å². The quantitative estimate of drug-likeness (QED) is 0.885. The van der Waals surface area contributed by atoms with Crippen LogP contribution in [-0.2, 0) is 0 Å². The van der Waals surface area contributed by atoms with E-state index in [0.29, 0.717) is 11.8 Å². The van der Waals surface area contributed by atoms with Gasteiger partial charge in [0, 0.05) is 11.3 Å². The van der Waals surface area contributed by atoms with Crippen molar-refractivity contribution < 1.29 is 4.42 Å². The summed E-state index contributed by atoms with van der Waals surface area (Å²) in [6.07, 6.45) is 5.08. The van der Waals surface area contributed by atoms with Gasteiger partial charge in [-0.05, 0) is 49.8 Å². The van der Waals surface area contributed by atoms with Crippen molar-refractivity contribution in [3.63, 3.8) is 0 Å². The number of nitrogens with two attached hydrogens (primary N) is 1. The molecule has 0 bridgehead atoms. The first kappa shape index (κ1) is 13.7. The number of benzene rings is 1. The van der Waals surface area contributed by atoms with Gasteiger partial charge in [0.05, 0.1) is 0 Å². The molecule has 1 aromatic carbocycles. The number of fused-ring (bicyclic) bond motifs is 1.